The summed E-state index contributed by atoms with van der Waals surface area (Å²) in [6.07, 6.45) is 1.95. The van der Waals surface area contributed by atoms with E-state index in [2.05, 4.69) is 0 Å². The molecule has 2 aromatic rings. The predicted molar refractivity (Wildman–Crippen MR) is 88.8 cm³/mol. The predicted octanol–water partition coefficient (Wildman–Crippen LogP) is 3.65. The van der Waals surface area contributed by atoms with Gasteiger partial charge in [0.05, 0.1) is 14.2 Å². The van der Waals surface area contributed by atoms with Crippen molar-refractivity contribution < 1.29 is 18.7 Å². The molecule has 0 atom stereocenters. The lowest BCUT2D eigenvalue weighted by Gasteiger charge is -2.23. The molecule has 1 aliphatic rings. The molecule has 4 nitrogen and oxygen atoms in total. The Labute approximate surface area is 140 Å². The van der Waals surface area contributed by atoms with Gasteiger partial charge < -0.3 is 14.4 Å². The van der Waals surface area contributed by atoms with Crippen LogP contribution in [0.1, 0.15) is 28.8 Å². The molecule has 0 heterocycles. The van der Waals surface area contributed by atoms with Gasteiger partial charge in [0, 0.05) is 24.2 Å². The van der Waals surface area contributed by atoms with Crippen molar-refractivity contribution in [2.24, 2.45) is 0 Å². The van der Waals surface area contributed by atoms with Crippen LogP contribution in [0, 0.1) is 5.82 Å². The van der Waals surface area contributed by atoms with Crippen molar-refractivity contribution in [1.29, 1.82) is 0 Å². The van der Waals surface area contributed by atoms with Gasteiger partial charge in [-0.25, -0.2) is 4.39 Å². The van der Waals surface area contributed by atoms with E-state index in [-0.39, 0.29) is 17.8 Å². The van der Waals surface area contributed by atoms with Crippen molar-refractivity contribution >= 4 is 5.91 Å². The maximum atomic E-state index is 13.4. The molecule has 0 aliphatic heterocycles. The first-order valence-electron chi connectivity index (χ1n) is 7.89. The summed E-state index contributed by atoms with van der Waals surface area (Å²) in [4.78, 5) is 14.8. The fourth-order valence-corrected chi connectivity index (χ4v) is 2.68. The highest BCUT2D eigenvalue weighted by Gasteiger charge is 2.33. The lowest BCUT2D eigenvalue weighted by atomic mass is 10.1. The summed E-state index contributed by atoms with van der Waals surface area (Å²) in [6.45, 7) is 0.390. The molecule has 3 rings (SSSR count). The quantitative estimate of drug-likeness (QED) is 0.812. The van der Waals surface area contributed by atoms with E-state index in [1.54, 1.807) is 43.4 Å². The number of ether oxygens (including phenoxy) is 2. The molecule has 0 unspecified atom stereocenters. The van der Waals surface area contributed by atoms with Crippen LogP contribution in [0.3, 0.4) is 0 Å². The summed E-state index contributed by atoms with van der Waals surface area (Å²) in [6, 6.07) is 11.7. The molecule has 1 aliphatic carbocycles. The molecule has 1 amide bonds. The van der Waals surface area contributed by atoms with Crippen LogP contribution in [0.15, 0.2) is 42.5 Å². The number of nitrogens with zero attached hydrogens (tertiary/aromatic N) is 1. The van der Waals surface area contributed by atoms with Crippen LogP contribution in [0.2, 0.25) is 0 Å². The van der Waals surface area contributed by atoms with E-state index in [0.29, 0.717) is 23.6 Å². The van der Waals surface area contributed by atoms with E-state index in [4.69, 9.17) is 9.47 Å². The van der Waals surface area contributed by atoms with Crippen molar-refractivity contribution in [3.63, 3.8) is 0 Å². The zero-order valence-electron chi connectivity index (χ0n) is 13.8. The normalized spacial score (nSPS) is 13.5. The van der Waals surface area contributed by atoms with Crippen LogP contribution in [0.5, 0.6) is 11.5 Å². The van der Waals surface area contributed by atoms with Gasteiger partial charge in [0.2, 0.25) is 0 Å². The summed E-state index contributed by atoms with van der Waals surface area (Å²) in [5.41, 5.74) is 1.29. The van der Waals surface area contributed by atoms with Gasteiger partial charge >= 0.3 is 0 Å². The first kappa shape index (κ1) is 16.3. The highest BCUT2D eigenvalue weighted by molar-refractivity contribution is 5.95. The first-order chi connectivity index (χ1) is 11.6. The van der Waals surface area contributed by atoms with E-state index >= 15 is 0 Å². The largest absolute Gasteiger partial charge is 0.497 e. The highest BCUT2D eigenvalue weighted by Crippen LogP contribution is 2.31. The number of hydrogen-bond acceptors (Lipinski definition) is 3. The number of amides is 1. The standard InChI is InChI=1S/C19H20FNO3/c1-23-17-9-14(10-18(11-17)24-2)19(22)21(16-6-7-16)12-13-4-3-5-15(20)8-13/h3-5,8-11,16H,6-7,12H2,1-2H3. The van der Waals surface area contributed by atoms with E-state index in [1.165, 1.54) is 12.1 Å². The minimum atomic E-state index is -0.293. The fourth-order valence-electron chi connectivity index (χ4n) is 2.68. The number of benzene rings is 2. The Morgan fingerprint density at radius 2 is 1.79 bits per heavy atom. The molecule has 1 saturated carbocycles. The molecule has 0 aromatic heterocycles. The first-order valence-corrected chi connectivity index (χ1v) is 7.89. The number of methoxy groups -OCH3 is 2. The fraction of sp³-hybridized carbons (Fsp3) is 0.316. The van der Waals surface area contributed by atoms with E-state index in [9.17, 15) is 9.18 Å². The van der Waals surface area contributed by atoms with Gasteiger partial charge in [-0.3, -0.25) is 4.79 Å². The summed E-state index contributed by atoms with van der Waals surface area (Å²) in [7, 11) is 3.10. The van der Waals surface area contributed by atoms with E-state index in [1.807, 2.05) is 6.07 Å². The average molecular weight is 329 g/mol. The summed E-state index contributed by atoms with van der Waals surface area (Å²) in [5.74, 6) is 0.746. The third-order valence-electron chi connectivity index (χ3n) is 4.09. The average Bonchev–Trinajstić information content (AvgIpc) is 3.43. The van der Waals surface area contributed by atoms with Crippen molar-refractivity contribution in [2.45, 2.75) is 25.4 Å². The summed E-state index contributed by atoms with van der Waals surface area (Å²) in [5, 5.41) is 0. The Morgan fingerprint density at radius 1 is 1.12 bits per heavy atom. The molecule has 0 N–H and O–H groups in total. The van der Waals surface area contributed by atoms with Crippen molar-refractivity contribution in [1.82, 2.24) is 4.90 Å². The maximum Gasteiger partial charge on any atom is 0.254 e. The number of carbonyl (C=O) groups is 1. The zero-order valence-corrected chi connectivity index (χ0v) is 13.8. The number of halogens is 1. The maximum absolute atomic E-state index is 13.4. The third-order valence-corrected chi connectivity index (χ3v) is 4.09. The van der Waals surface area contributed by atoms with Gasteiger partial charge in [-0.05, 0) is 42.7 Å². The van der Waals surface area contributed by atoms with Crippen LogP contribution >= 0.6 is 0 Å². The van der Waals surface area contributed by atoms with Crippen LogP contribution in [-0.2, 0) is 6.54 Å². The Balaban J connectivity index is 1.87. The number of hydrogen-bond donors (Lipinski definition) is 0. The lowest BCUT2D eigenvalue weighted by molar-refractivity contribution is 0.0729. The van der Waals surface area contributed by atoms with Gasteiger partial charge in [-0.1, -0.05) is 12.1 Å². The monoisotopic (exact) mass is 329 g/mol. The van der Waals surface area contributed by atoms with Gasteiger partial charge in [0.15, 0.2) is 0 Å². The third kappa shape index (κ3) is 3.67. The highest BCUT2D eigenvalue weighted by atomic mass is 19.1. The lowest BCUT2D eigenvalue weighted by Crippen LogP contribution is -2.32. The van der Waals surface area contributed by atoms with E-state index < -0.39 is 0 Å². The molecule has 0 spiro atoms. The molecular formula is C19H20FNO3. The number of rotatable bonds is 6. The van der Waals surface area contributed by atoms with Crippen LogP contribution in [-0.4, -0.2) is 31.1 Å². The minimum Gasteiger partial charge on any atom is -0.497 e. The Bertz CT molecular complexity index is 721. The van der Waals surface area contributed by atoms with Gasteiger partial charge in [0.25, 0.3) is 5.91 Å². The summed E-state index contributed by atoms with van der Waals surface area (Å²) < 4.78 is 23.9. The molecule has 126 valence electrons. The molecule has 0 bridgehead atoms. The van der Waals surface area contributed by atoms with Crippen LogP contribution in [0.4, 0.5) is 4.39 Å². The van der Waals surface area contributed by atoms with Gasteiger partial charge in [-0.2, -0.15) is 0 Å². The topological polar surface area (TPSA) is 38.8 Å². The second kappa shape index (κ2) is 6.91. The molecule has 1 fully saturated rings. The van der Waals surface area contributed by atoms with Gasteiger partial charge in [-0.15, -0.1) is 0 Å². The zero-order chi connectivity index (χ0) is 17.1. The molecule has 0 saturated heterocycles. The van der Waals surface area contributed by atoms with Crippen molar-refractivity contribution in [3.05, 3.63) is 59.4 Å². The molecule has 24 heavy (non-hydrogen) atoms. The van der Waals surface area contributed by atoms with Crippen LogP contribution in [0.25, 0.3) is 0 Å². The van der Waals surface area contributed by atoms with Crippen LogP contribution < -0.4 is 9.47 Å². The Hall–Kier alpha value is -2.56. The SMILES string of the molecule is COc1cc(OC)cc(C(=O)N(Cc2cccc(F)c2)C2CC2)c1. The minimum absolute atomic E-state index is 0.0982. The number of carbonyl (C=O) groups excluding carboxylic acids is 1. The second-order valence-electron chi connectivity index (χ2n) is 5.90. The Kier molecular flexibility index (Phi) is 4.69. The molecule has 0 radical (unpaired) electrons. The van der Waals surface area contributed by atoms with Crippen molar-refractivity contribution in [2.75, 3.05) is 14.2 Å². The molecule has 2 aromatic carbocycles. The van der Waals surface area contributed by atoms with Gasteiger partial charge in [0.1, 0.15) is 17.3 Å². The molecule has 5 heteroatoms. The Morgan fingerprint density at radius 3 is 2.33 bits per heavy atom. The smallest absolute Gasteiger partial charge is 0.254 e. The summed E-state index contributed by atoms with van der Waals surface area (Å²) >= 11 is 0. The second-order valence-corrected chi connectivity index (χ2v) is 5.90. The molecular weight excluding hydrogens is 309 g/mol. The van der Waals surface area contributed by atoms with Crippen molar-refractivity contribution in [3.8, 4) is 11.5 Å². The van der Waals surface area contributed by atoms with E-state index in [0.717, 1.165) is 18.4 Å².